The topological polar surface area (TPSA) is 94.0 Å². The monoisotopic (exact) mass is 299 g/mol. The van der Waals surface area contributed by atoms with E-state index in [2.05, 4.69) is 4.98 Å². The molecule has 2 rings (SSSR count). The number of thiazole rings is 1. The fourth-order valence-corrected chi connectivity index (χ4v) is 3.07. The van der Waals surface area contributed by atoms with Crippen LogP contribution in [-0.2, 0) is 11.3 Å². The molecule has 0 radical (unpaired) electrons. The zero-order chi connectivity index (χ0) is 14.9. The number of hydrogen-bond donors (Lipinski definition) is 2. The predicted octanol–water partition coefficient (Wildman–Crippen LogP) is 0.523. The smallest absolute Gasteiger partial charge is 0.326 e. The normalized spacial score (nSPS) is 22.1. The van der Waals surface area contributed by atoms with Crippen molar-refractivity contribution in [1.29, 1.82) is 0 Å². The molecule has 1 fully saturated rings. The molecule has 0 bridgehead atoms. The lowest BCUT2D eigenvalue weighted by molar-refractivity contribution is -0.141. The first-order valence-electron chi connectivity index (χ1n) is 6.21. The Labute approximate surface area is 120 Å². The Balaban J connectivity index is 2.06. The molecule has 0 saturated carbocycles. The summed E-state index contributed by atoms with van der Waals surface area (Å²) in [5.74, 6) is -1.09. The first-order valence-corrected chi connectivity index (χ1v) is 7.09. The number of aliphatic carboxylic acids is 1. The Kier molecular flexibility index (Phi) is 4.24. The van der Waals surface area contributed by atoms with Gasteiger partial charge in [0.2, 0.25) is 0 Å². The van der Waals surface area contributed by atoms with E-state index in [0.717, 1.165) is 10.6 Å². The Morgan fingerprint density at radius 1 is 1.60 bits per heavy atom. The number of hydrogen-bond acceptors (Lipinski definition) is 5. The van der Waals surface area contributed by atoms with Gasteiger partial charge in [-0.25, -0.2) is 14.6 Å². The Morgan fingerprint density at radius 3 is 2.85 bits per heavy atom. The number of likely N-dealkylation sites (tertiary alicyclic amines) is 1. The molecule has 0 aromatic carbocycles. The van der Waals surface area contributed by atoms with Crippen molar-refractivity contribution in [1.82, 2.24) is 14.8 Å². The SMILES string of the molecule is Cc1ncsc1CN(C)C(=O)N1C[C@H](O)C[C@@H]1C(=O)O. The van der Waals surface area contributed by atoms with Crippen LogP contribution in [0.1, 0.15) is 17.0 Å². The van der Waals surface area contributed by atoms with Gasteiger partial charge in [-0.3, -0.25) is 0 Å². The minimum atomic E-state index is -1.09. The maximum atomic E-state index is 12.3. The number of aromatic nitrogens is 1. The zero-order valence-electron chi connectivity index (χ0n) is 11.3. The third-order valence-corrected chi connectivity index (χ3v) is 4.28. The second-order valence-corrected chi connectivity index (χ2v) is 5.83. The van der Waals surface area contributed by atoms with E-state index in [1.807, 2.05) is 6.92 Å². The van der Waals surface area contributed by atoms with Crippen molar-refractivity contribution in [3.05, 3.63) is 16.1 Å². The fourth-order valence-electron chi connectivity index (χ4n) is 2.24. The minimum Gasteiger partial charge on any atom is -0.480 e. The van der Waals surface area contributed by atoms with E-state index in [9.17, 15) is 14.7 Å². The number of carbonyl (C=O) groups is 2. The summed E-state index contributed by atoms with van der Waals surface area (Å²) in [6, 6.07) is -1.34. The number of urea groups is 1. The van der Waals surface area contributed by atoms with Crippen LogP contribution in [0.3, 0.4) is 0 Å². The van der Waals surface area contributed by atoms with Crippen LogP contribution < -0.4 is 0 Å². The van der Waals surface area contributed by atoms with Gasteiger partial charge < -0.3 is 20.0 Å². The van der Waals surface area contributed by atoms with Crippen molar-refractivity contribution in [3.63, 3.8) is 0 Å². The van der Waals surface area contributed by atoms with Crippen LogP contribution in [0.25, 0.3) is 0 Å². The minimum absolute atomic E-state index is 0.0574. The van der Waals surface area contributed by atoms with Crippen LogP contribution in [-0.4, -0.2) is 62.7 Å². The molecule has 1 aromatic heterocycles. The highest BCUT2D eigenvalue weighted by Gasteiger charge is 2.40. The molecule has 2 atom stereocenters. The highest BCUT2D eigenvalue weighted by Crippen LogP contribution is 2.21. The number of carboxylic acid groups (broad SMARTS) is 1. The average Bonchev–Trinajstić information content (AvgIpc) is 2.95. The molecule has 0 aliphatic carbocycles. The summed E-state index contributed by atoms with van der Waals surface area (Å²) in [5.41, 5.74) is 2.58. The summed E-state index contributed by atoms with van der Waals surface area (Å²) in [6.45, 7) is 2.31. The molecule has 2 N–H and O–H groups in total. The summed E-state index contributed by atoms with van der Waals surface area (Å²) in [7, 11) is 1.62. The van der Waals surface area contributed by atoms with Crippen LogP contribution in [0.15, 0.2) is 5.51 Å². The van der Waals surface area contributed by atoms with E-state index in [1.54, 1.807) is 12.6 Å². The molecule has 7 nitrogen and oxygen atoms in total. The van der Waals surface area contributed by atoms with Gasteiger partial charge in [0.05, 0.1) is 23.9 Å². The molecule has 1 aliphatic heterocycles. The molecule has 0 spiro atoms. The van der Waals surface area contributed by atoms with Crippen molar-refractivity contribution < 1.29 is 19.8 Å². The van der Waals surface area contributed by atoms with Gasteiger partial charge >= 0.3 is 12.0 Å². The summed E-state index contributed by atoms with van der Waals surface area (Å²) >= 11 is 1.46. The number of rotatable bonds is 3. The van der Waals surface area contributed by atoms with Gasteiger partial charge in [-0.2, -0.15) is 0 Å². The van der Waals surface area contributed by atoms with Gasteiger partial charge in [-0.05, 0) is 6.92 Å². The molecule has 0 unspecified atom stereocenters. The summed E-state index contributed by atoms with van der Waals surface area (Å²) in [4.78, 5) is 31.2. The highest BCUT2D eigenvalue weighted by molar-refractivity contribution is 7.09. The van der Waals surface area contributed by atoms with Gasteiger partial charge in [-0.1, -0.05) is 0 Å². The molecule has 1 saturated heterocycles. The number of aliphatic hydroxyl groups is 1. The van der Waals surface area contributed by atoms with E-state index >= 15 is 0 Å². The van der Waals surface area contributed by atoms with Crippen molar-refractivity contribution >= 4 is 23.3 Å². The lowest BCUT2D eigenvalue weighted by Gasteiger charge is -2.27. The number of carbonyl (C=O) groups excluding carboxylic acids is 1. The van der Waals surface area contributed by atoms with Crippen LogP contribution in [0.4, 0.5) is 4.79 Å². The van der Waals surface area contributed by atoms with Crippen molar-refractivity contribution in [2.24, 2.45) is 0 Å². The number of aliphatic hydroxyl groups excluding tert-OH is 1. The van der Waals surface area contributed by atoms with Crippen molar-refractivity contribution in [3.8, 4) is 0 Å². The van der Waals surface area contributed by atoms with E-state index in [1.165, 1.54) is 21.1 Å². The third kappa shape index (κ3) is 2.91. The second kappa shape index (κ2) is 5.76. The fraction of sp³-hybridized carbons (Fsp3) is 0.583. The molecule has 8 heteroatoms. The second-order valence-electron chi connectivity index (χ2n) is 4.90. The summed E-state index contributed by atoms with van der Waals surface area (Å²) in [6.07, 6.45) is -0.701. The van der Waals surface area contributed by atoms with E-state index < -0.39 is 18.1 Å². The zero-order valence-corrected chi connectivity index (χ0v) is 12.1. The van der Waals surface area contributed by atoms with Gasteiger partial charge in [0, 0.05) is 24.9 Å². The van der Waals surface area contributed by atoms with Gasteiger partial charge in [0.25, 0.3) is 0 Å². The third-order valence-electron chi connectivity index (χ3n) is 3.36. The first-order chi connectivity index (χ1) is 9.40. The standard InChI is InChI=1S/C12H17N3O4S/c1-7-10(20-6-13-7)5-14(2)12(19)15-4-8(16)3-9(15)11(17)18/h6,8-9,16H,3-5H2,1-2H3,(H,17,18)/t8-,9-/m1/s1. The summed E-state index contributed by atoms with van der Waals surface area (Å²) in [5, 5.41) is 18.7. The largest absolute Gasteiger partial charge is 0.480 e. The quantitative estimate of drug-likeness (QED) is 0.849. The van der Waals surface area contributed by atoms with Gasteiger partial charge in [-0.15, -0.1) is 11.3 Å². The van der Waals surface area contributed by atoms with E-state index in [0.29, 0.717) is 6.54 Å². The molecule has 1 aromatic rings. The molecule has 2 amide bonds. The molecule has 20 heavy (non-hydrogen) atoms. The van der Waals surface area contributed by atoms with Crippen LogP contribution in [0.2, 0.25) is 0 Å². The molecular formula is C12H17N3O4S. The molecule has 2 heterocycles. The van der Waals surface area contributed by atoms with Gasteiger partial charge in [0.1, 0.15) is 6.04 Å². The lowest BCUT2D eigenvalue weighted by atomic mass is 10.2. The summed E-state index contributed by atoms with van der Waals surface area (Å²) < 4.78 is 0. The van der Waals surface area contributed by atoms with Crippen LogP contribution in [0, 0.1) is 6.92 Å². The number of aryl methyl sites for hydroxylation is 1. The molecule has 1 aliphatic rings. The maximum absolute atomic E-state index is 12.3. The Bertz CT molecular complexity index is 519. The number of β-amino-alcohol motifs (C(OH)–C–C–N with tert-alkyl or cyclic N) is 1. The number of carboxylic acids is 1. The number of nitrogens with zero attached hydrogens (tertiary/aromatic N) is 3. The van der Waals surface area contributed by atoms with Gasteiger partial charge in [0.15, 0.2) is 0 Å². The van der Waals surface area contributed by atoms with E-state index in [4.69, 9.17) is 5.11 Å². The lowest BCUT2D eigenvalue weighted by Crippen LogP contribution is -2.46. The van der Waals surface area contributed by atoms with Crippen molar-refractivity contribution in [2.45, 2.75) is 32.0 Å². The van der Waals surface area contributed by atoms with Crippen molar-refractivity contribution in [2.75, 3.05) is 13.6 Å². The molecular weight excluding hydrogens is 282 g/mol. The molecule has 110 valence electrons. The average molecular weight is 299 g/mol. The van der Waals surface area contributed by atoms with E-state index in [-0.39, 0.29) is 19.0 Å². The van der Waals surface area contributed by atoms with Crippen LogP contribution >= 0.6 is 11.3 Å². The number of amides is 2. The Hall–Kier alpha value is -1.67. The Morgan fingerprint density at radius 2 is 2.30 bits per heavy atom. The predicted molar refractivity (Wildman–Crippen MR) is 72.5 cm³/mol. The maximum Gasteiger partial charge on any atom is 0.326 e. The first kappa shape index (κ1) is 14.7. The highest BCUT2D eigenvalue weighted by atomic mass is 32.1. The van der Waals surface area contributed by atoms with Crippen LogP contribution in [0.5, 0.6) is 0 Å².